The number of rotatable bonds is 13. The summed E-state index contributed by atoms with van der Waals surface area (Å²) >= 11 is 0. The normalized spacial score (nSPS) is 12.7. The Hall–Kier alpha value is -4.61. The molecule has 5 N–H and O–H groups in total. The summed E-state index contributed by atoms with van der Waals surface area (Å²) in [4.78, 5) is 41.7. The molecule has 0 saturated heterocycles. The van der Waals surface area contributed by atoms with Crippen LogP contribution in [0.15, 0.2) is 47.0 Å². The molecule has 3 rings (SSSR count). The molecule has 12 nitrogen and oxygen atoms in total. The van der Waals surface area contributed by atoms with E-state index in [0.717, 1.165) is 22.3 Å². The van der Waals surface area contributed by atoms with E-state index in [0.29, 0.717) is 38.1 Å². The molecule has 43 heavy (non-hydrogen) atoms. The number of carbonyl (C=O) groups excluding carboxylic acids is 3. The van der Waals surface area contributed by atoms with Crippen molar-refractivity contribution in [3.05, 3.63) is 76.4 Å². The van der Waals surface area contributed by atoms with Crippen molar-refractivity contribution in [2.24, 2.45) is 5.73 Å². The number of aromatic nitrogens is 2. The molecule has 0 saturated carbocycles. The van der Waals surface area contributed by atoms with E-state index in [1.165, 1.54) is 0 Å². The Morgan fingerprint density at radius 1 is 1.07 bits per heavy atom. The lowest BCUT2D eigenvalue weighted by Crippen LogP contribution is -2.42. The molecule has 0 bridgehead atoms. The molecular weight excluding hydrogens is 554 g/mol. The van der Waals surface area contributed by atoms with E-state index < -0.39 is 35.8 Å². The number of hydrogen-bond donors (Lipinski definition) is 4. The van der Waals surface area contributed by atoms with Crippen molar-refractivity contribution in [3.63, 3.8) is 0 Å². The van der Waals surface area contributed by atoms with Gasteiger partial charge in [0.15, 0.2) is 11.9 Å². The Bertz CT molecular complexity index is 1360. The fraction of sp³-hybridized carbons (Fsp3) is 0.452. The number of nitrogens with zero attached hydrogens (tertiary/aromatic N) is 2. The van der Waals surface area contributed by atoms with Crippen LogP contribution in [0.5, 0.6) is 5.75 Å². The highest BCUT2D eigenvalue weighted by Gasteiger charge is 2.29. The van der Waals surface area contributed by atoms with Crippen molar-refractivity contribution in [1.29, 1.82) is 0 Å². The molecule has 0 aliphatic rings. The molecule has 232 valence electrons. The molecule has 0 aliphatic heterocycles. The first-order valence-corrected chi connectivity index (χ1v) is 14.2. The van der Waals surface area contributed by atoms with Gasteiger partial charge in [-0.15, -0.1) is 0 Å². The SMILES string of the molecule is Cc1cc(O)cc(C)c1CC(OC(N)=O)C(=O)N[C@H](CCCCNC(=O)OC(C)(C)C)c1nc(Cc2ccccc2)no1. The third-order valence-electron chi connectivity index (χ3n) is 6.51. The number of unbranched alkanes of at least 4 members (excludes halogenated alkanes) is 1. The lowest BCUT2D eigenvalue weighted by atomic mass is 9.96. The van der Waals surface area contributed by atoms with Crippen LogP contribution < -0.4 is 16.4 Å². The Morgan fingerprint density at radius 2 is 1.74 bits per heavy atom. The summed E-state index contributed by atoms with van der Waals surface area (Å²) in [6.07, 6.45) is -0.802. The number of benzene rings is 2. The van der Waals surface area contributed by atoms with Crippen molar-refractivity contribution >= 4 is 18.1 Å². The van der Waals surface area contributed by atoms with Gasteiger partial charge in [0.2, 0.25) is 5.89 Å². The van der Waals surface area contributed by atoms with E-state index in [1.807, 2.05) is 30.3 Å². The van der Waals surface area contributed by atoms with Gasteiger partial charge in [0, 0.05) is 19.4 Å². The van der Waals surface area contributed by atoms with E-state index in [4.69, 9.17) is 19.7 Å². The average molecular weight is 596 g/mol. The van der Waals surface area contributed by atoms with Gasteiger partial charge in [0.05, 0.1) is 0 Å². The number of nitrogens with one attached hydrogen (secondary N) is 2. The molecule has 12 heteroatoms. The number of phenolic OH excluding ortho intramolecular Hbond substituents is 1. The summed E-state index contributed by atoms with van der Waals surface area (Å²) in [5.41, 5.74) is 7.92. The zero-order valence-corrected chi connectivity index (χ0v) is 25.3. The molecule has 3 amide bonds. The zero-order valence-electron chi connectivity index (χ0n) is 25.3. The van der Waals surface area contributed by atoms with Gasteiger partial charge in [-0.3, -0.25) is 4.79 Å². The second kappa shape index (κ2) is 15.0. The third kappa shape index (κ3) is 11.0. The Kier molecular flexibility index (Phi) is 11.5. The number of nitrogens with two attached hydrogens (primary N) is 1. The summed E-state index contributed by atoms with van der Waals surface area (Å²) in [6.45, 7) is 9.32. The van der Waals surface area contributed by atoms with E-state index in [1.54, 1.807) is 46.8 Å². The molecule has 0 aliphatic carbocycles. The van der Waals surface area contributed by atoms with Crippen LogP contribution in [0.3, 0.4) is 0 Å². The first-order valence-electron chi connectivity index (χ1n) is 14.2. The fourth-order valence-corrected chi connectivity index (χ4v) is 4.57. The molecule has 1 unspecified atom stereocenters. The summed E-state index contributed by atoms with van der Waals surface area (Å²) in [7, 11) is 0. The molecule has 0 spiro atoms. The van der Waals surface area contributed by atoms with E-state index in [9.17, 15) is 19.5 Å². The van der Waals surface area contributed by atoms with Crippen molar-refractivity contribution < 1.29 is 33.5 Å². The van der Waals surface area contributed by atoms with Crippen LogP contribution >= 0.6 is 0 Å². The van der Waals surface area contributed by atoms with Crippen molar-refractivity contribution in [2.75, 3.05) is 6.54 Å². The number of carbonyl (C=O) groups is 3. The monoisotopic (exact) mass is 595 g/mol. The van der Waals surface area contributed by atoms with Crippen LogP contribution in [-0.2, 0) is 27.1 Å². The van der Waals surface area contributed by atoms with Crippen LogP contribution in [0.25, 0.3) is 0 Å². The number of phenols is 1. The van der Waals surface area contributed by atoms with Crippen LogP contribution in [0.4, 0.5) is 9.59 Å². The standard InChI is InChI=1S/C31H41N5O7/c1-19-15-22(37)16-20(2)23(19)18-25(41-29(32)39)27(38)34-24(13-9-10-14-33-30(40)42-31(3,4)5)28-35-26(36-43-28)17-21-11-7-6-8-12-21/h6-8,11-12,15-16,24-25,37H,9-10,13-14,17-18H2,1-5H3,(H2,32,39)(H,33,40)(H,34,38)/t24-,25?/m1/s1. The molecule has 1 heterocycles. The van der Waals surface area contributed by atoms with Crippen LogP contribution in [-0.4, -0.2) is 51.6 Å². The van der Waals surface area contributed by atoms with Crippen molar-refractivity contribution in [3.8, 4) is 5.75 Å². The molecule has 1 aromatic heterocycles. The van der Waals surface area contributed by atoms with Gasteiger partial charge in [-0.2, -0.15) is 4.98 Å². The van der Waals surface area contributed by atoms with Crippen LogP contribution in [0.2, 0.25) is 0 Å². The number of hydrogen-bond acceptors (Lipinski definition) is 9. The minimum absolute atomic E-state index is 0.0440. The molecule has 0 radical (unpaired) electrons. The molecular formula is C31H41N5O7. The predicted molar refractivity (Wildman–Crippen MR) is 158 cm³/mol. The smallest absolute Gasteiger partial charge is 0.407 e. The lowest BCUT2D eigenvalue weighted by molar-refractivity contribution is -0.130. The van der Waals surface area contributed by atoms with Crippen LogP contribution in [0, 0.1) is 13.8 Å². The quantitative estimate of drug-likeness (QED) is 0.206. The minimum Gasteiger partial charge on any atom is -0.508 e. The topological polar surface area (TPSA) is 179 Å². The second-order valence-corrected chi connectivity index (χ2v) is 11.4. The maximum Gasteiger partial charge on any atom is 0.407 e. The first-order chi connectivity index (χ1) is 20.3. The number of aromatic hydroxyl groups is 1. The maximum atomic E-state index is 13.5. The summed E-state index contributed by atoms with van der Waals surface area (Å²) in [5, 5.41) is 19.6. The number of aryl methyl sites for hydroxylation is 2. The van der Waals surface area contributed by atoms with Gasteiger partial charge in [-0.05, 0) is 88.3 Å². The highest BCUT2D eigenvalue weighted by Crippen LogP contribution is 2.24. The molecule has 2 atom stereocenters. The van der Waals surface area contributed by atoms with Gasteiger partial charge in [0.25, 0.3) is 5.91 Å². The third-order valence-corrected chi connectivity index (χ3v) is 6.51. The first kappa shape index (κ1) is 32.9. The van der Waals surface area contributed by atoms with Crippen molar-refractivity contribution in [2.45, 2.75) is 84.5 Å². The highest BCUT2D eigenvalue weighted by molar-refractivity contribution is 5.84. The Morgan fingerprint density at radius 3 is 2.37 bits per heavy atom. The summed E-state index contributed by atoms with van der Waals surface area (Å²) in [6, 6.07) is 12.1. The molecule has 0 fully saturated rings. The molecule has 3 aromatic rings. The lowest BCUT2D eigenvalue weighted by Gasteiger charge is -2.22. The van der Waals surface area contributed by atoms with Gasteiger partial charge in [-0.1, -0.05) is 35.5 Å². The van der Waals surface area contributed by atoms with Gasteiger partial charge in [0.1, 0.15) is 17.4 Å². The summed E-state index contributed by atoms with van der Waals surface area (Å²) < 4.78 is 16.0. The number of alkyl carbamates (subject to hydrolysis) is 1. The minimum atomic E-state index is -1.25. The zero-order chi connectivity index (χ0) is 31.6. The highest BCUT2D eigenvalue weighted by atomic mass is 16.6. The number of ether oxygens (including phenoxy) is 2. The fourth-order valence-electron chi connectivity index (χ4n) is 4.57. The van der Waals surface area contributed by atoms with Crippen molar-refractivity contribution in [1.82, 2.24) is 20.8 Å². The van der Waals surface area contributed by atoms with E-state index in [-0.39, 0.29) is 18.1 Å². The Balaban J connectivity index is 1.74. The maximum absolute atomic E-state index is 13.5. The van der Waals surface area contributed by atoms with Crippen LogP contribution in [0.1, 0.15) is 80.0 Å². The number of primary amides is 1. The van der Waals surface area contributed by atoms with Gasteiger partial charge >= 0.3 is 12.2 Å². The Labute approximate surface area is 251 Å². The van der Waals surface area contributed by atoms with E-state index >= 15 is 0 Å². The number of amides is 3. The predicted octanol–water partition coefficient (Wildman–Crippen LogP) is 4.54. The van der Waals surface area contributed by atoms with Gasteiger partial charge in [-0.25, -0.2) is 9.59 Å². The average Bonchev–Trinajstić information content (AvgIpc) is 3.36. The van der Waals surface area contributed by atoms with Gasteiger partial charge < -0.3 is 35.5 Å². The largest absolute Gasteiger partial charge is 0.508 e. The summed E-state index contributed by atoms with van der Waals surface area (Å²) in [5.74, 6) is 0.159. The molecule has 2 aromatic carbocycles. The second-order valence-electron chi connectivity index (χ2n) is 11.4. The van der Waals surface area contributed by atoms with E-state index in [2.05, 4.69) is 20.8 Å².